The van der Waals surface area contributed by atoms with E-state index in [1.807, 2.05) is 6.92 Å². The molecule has 0 bridgehead atoms. The van der Waals surface area contributed by atoms with Crippen molar-refractivity contribution in [3.05, 3.63) is 46.3 Å². The van der Waals surface area contributed by atoms with Crippen LogP contribution in [0.1, 0.15) is 52.3 Å². The predicted molar refractivity (Wildman–Crippen MR) is 117 cm³/mol. The molecular weight excluding hydrogens is 436 g/mol. The van der Waals surface area contributed by atoms with Gasteiger partial charge in [-0.15, -0.1) is 11.3 Å². The van der Waals surface area contributed by atoms with E-state index in [2.05, 4.69) is 5.32 Å². The summed E-state index contributed by atoms with van der Waals surface area (Å²) < 4.78 is 10.1. The number of hydrogen-bond donors (Lipinski definition) is 1. The Morgan fingerprint density at radius 3 is 2.41 bits per heavy atom. The molecular formula is C22H22N2O7S. The number of nitrogens with one attached hydrogen (secondary N) is 1. The van der Waals surface area contributed by atoms with Gasteiger partial charge in [-0.05, 0) is 37.6 Å². The normalized spacial score (nSPS) is 13.2. The highest BCUT2D eigenvalue weighted by Crippen LogP contribution is 2.29. The molecule has 1 N–H and O–H groups in total. The Morgan fingerprint density at radius 2 is 1.75 bits per heavy atom. The molecule has 0 aliphatic carbocycles. The zero-order valence-corrected chi connectivity index (χ0v) is 18.5. The lowest BCUT2D eigenvalue weighted by atomic mass is 10.2. The molecule has 168 valence electrons. The van der Waals surface area contributed by atoms with Crippen molar-refractivity contribution < 1.29 is 33.4 Å². The SMILES string of the molecule is CCOC(=O)c1cc(CC)sc1NC(=O)COC(=O)c1cccc(N2C(=O)CCC2=O)c1. The van der Waals surface area contributed by atoms with E-state index in [4.69, 9.17) is 9.47 Å². The number of anilines is 2. The van der Waals surface area contributed by atoms with Gasteiger partial charge in [-0.25, -0.2) is 9.59 Å². The molecule has 1 aliphatic heterocycles. The average molecular weight is 458 g/mol. The van der Waals surface area contributed by atoms with Crippen molar-refractivity contribution in [2.75, 3.05) is 23.4 Å². The van der Waals surface area contributed by atoms with Crippen LogP contribution < -0.4 is 10.2 Å². The zero-order valence-electron chi connectivity index (χ0n) is 17.6. The molecule has 0 unspecified atom stereocenters. The highest BCUT2D eigenvalue weighted by atomic mass is 32.1. The third kappa shape index (κ3) is 5.20. The maximum absolute atomic E-state index is 12.4. The molecule has 1 saturated heterocycles. The fourth-order valence-corrected chi connectivity index (χ4v) is 4.08. The summed E-state index contributed by atoms with van der Waals surface area (Å²) in [5.41, 5.74) is 0.626. The quantitative estimate of drug-likeness (QED) is 0.477. The minimum atomic E-state index is -0.785. The number of amides is 3. The van der Waals surface area contributed by atoms with Gasteiger partial charge in [0, 0.05) is 17.7 Å². The summed E-state index contributed by atoms with van der Waals surface area (Å²) in [4.78, 5) is 62.5. The molecule has 0 spiro atoms. The van der Waals surface area contributed by atoms with Gasteiger partial charge >= 0.3 is 11.9 Å². The molecule has 3 amide bonds. The lowest BCUT2D eigenvalue weighted by Gasteiger charge is -2.14. The van der Waals surface area contributed by atoms with E-state index < -0.39 is 24.5 Å². The van der Waals surface area contributed by atoms with Crippen LogP contribution in [-0.4, -0.2) is 42.9 Å². The Hall–Kier alpha value is -3.53. The molecule has 10 heteroatoms. The van der Waals surface area contributed by atoms with Crippen LogP contribution in [0.5, 0.6) is 0 Å². The maximum atomic E-state index is 12.4. The van der Waals surface area contributed by atoms with Crippen LogP contribution in [0, 0.1) is 0 Å². The Bertz CT molecular complexity index is 1060. The number of esters is 2. The van der Waals surface area contributed by atoms with E-state index in [1.54, 1.807) is 19.1 Å². The van der Waals surface area contributed by atoms with Gasteiger partial charge in [0.15, 0.2) is 6.61 Å². The minimum Gasteiger partial charge on any atom is -0.462 e. The van der Waals surface area contributed by atoms with Crippen molar-refractivity contribution >= 4 is 51.7 Å². The monoisotopic (exact) mass is 458 g/mol. The molecule has 1 fully saturated rings. The molecule has 1 aromatic heterocycles. The fourth-order valence-electron chi connectivity index (χ4n) is 3.08. The minimum absolute atomic E-state index is 0.0967. The van der Waals surface area contributed by atoms with Crippen molar-refractivity contribution in [1.82, 2.24) is 0 Å². The van der Waals surface area contributed by atoms with Crippen LogP contribution in [0.4, 0.5) is 10.7 Å². The zero-order chi connectivity index (χ0) is 23.3. The van der Waals surface area contributed by atoms with Crippen LogP contribution >= 0.6 is 11.3 Å². The molecule has 1 aromatic carbocycles. The average Bonchev–Trinajstić information content (AvgIpc) is 3.34. The van der Waals surface area contributed by atoms with Crippen molar-refractivity contribution in [2.24, 2.45) is 0 Å². The molecule has 32 heavy (non-hydrogen) atoms. The predicted octanol–water partition coefficient (Wildman–Crippen LogP) is 2.94. The largest absolute Gasteiger partial charge is 0.462 e. The number of imide groups is 1. The second-order valence-electron chi connectivity index (χ2n) is 6.83. The lowest BCUT2D eigenvalue weighted by molar-refractivity contribution is -0.121. The van der Waals surface area contributed by atoms with Crippen molar-refractivity contribution in [1.29, 1.82) is 0 Å². The molecule has 3 rings (SSSR count). The fraction of sp³-hybridized carbons (Fsp3) is 0.318. The Morgan fingerprint density at radius 1 is 1.03 bits per heavy atom. The second-order valence-corrected chi connectivity index (χ2v) is 7.96. The standard InChI is InChI=1S/C22H22N2O7S/c1-3-15-11-16(22(29)30-4-2)20(32-15)23-17(25)12-31-21(28)13-6-5-7-14(10-13)24-18(26)8-9-19(24)27/h5-7,10-11H,3-4,8-9,12H2,1-2H3,(H,23,25). The highest BCUT2D eigenvalue weighted by molar-refractivity contribution is 7.16. The van der Waals surface area contributed by atoms with Gasteiger partial charge in [0.1, 0.15) is 5.00 Å². The van der Waals surface area contributed by atoms with E-state index in [0.29, 0.717) is 11.4 Å². The van der Waals surface area contributed by atoms with Crippen molar-refractivity contribution in [2.45, 2.75) is 33.1 Å². The first-order valence-electron chi connectivity index (χ1n) is 10.1. The second kappa shape index (κ2) is 10.2. The van der Waals surface area contributed by atoms with Gasteiger partial charge in [-0.1, -0.05) is 13.0 Å². The van der Waals surface area contributed by atoms with Crippen LogP contribution in [0.25, 0.3) is 0 Å². The first-order valence-corrected chi connectivity index (χ1v) is 10.9. The third-order valence-corrected chi connectivity index (χ3v) is 5.80. The van der Waals surface area contributed by atoms with Gasteiger partial charge in [0.05, 0.1) is 23.4 Å². The summed E-state index contributed by atoms with van der Waals surface area (Å²) in [7, 11) is 0. The Labute approximate surface area is 188 Å². The Kier molecular flexibility index (Phi) is 7.37. The van der Waals surface area contributed by atoms with Crippen LogP contribution in [-0.2, 0) is 30.3 Å². The molecule has 0 saturated carbocycles. The molecule has 2 heterocycles. The summed E-state index contributed by atoms with van der Waals surface area (Å²) in [6, 6.07) is 7.56. The summed E-state index contributed by atoms with van der Waals surface area (Å²) in [5.74, 6) is -2.61. The molecule has 2 aromatic rings. The number of benzene rings is 1. The lowest BCUT2D eigenvalue weighted by Crippen LogP contribution is -2.28. The van der Waals surface area contributed by atoms with Crippen molar-refractivity contribution in [3.63, 3.8) is 0 Å². The smallest absolute Gasteiger partial charge is 0.341 e. The summed E-state index contributed by atoms with van der Waals surface area (Å²) >= 11 is 1.25. The third-order valence-electron chi connectivity index (χ3n) is 4.61. The van der Waals surface area contributed by atoms with Crippen LogP contribution in [0.15, 0.2) is 30.3 Å². The maximum Gasteiger partial charge on any atom is 0.341 e. The topological polar surface area (TPSA) is 119 Å². The van der Waals surface area contributed by atoms with Crippen LogP contribution in [0.3, 0.4) is 0 Å². The number of carbonyl (C=O) groups excluding carboxylic acids is 5. The number of hydrogen-bond acceptors (Lipinski definition) is 8. The van der Waals surface area contributed by atoms with E-state index in [0.717, 1.165) is 9.78 Å². The van der Waals surface area contributed by atoms with Crippen molar-refractivity contribution in [3.8, 4) is 0 Å². The Balaban J connectivity index is 1.63. The molecule has 1 aliphatic rings. The van der Waals surface area contributed by atoms with Gasteiger partial charge in [-0.2, -0.15) is 0 Å². The van der Waals surface area contributed by atoms with E-state index in [-0.39, 0.29) is 48.1 Å². The van der Waals surface area contributed by atoms with Gasteiger partial charge in [0.2, 0.25) is 11.8 Å². The molecule has 0 atom stereocenters. The number of thiophene rings is 1. The molecule has 9 nitrogen and oxygen atoms in total. The van der Waals surface area contributed by atoms with Gasteiger partial charge in [0.25, 0.3) is 5.91 Å². The number of nitrogens with zero attached hydrogens (tertiary/aromatic N) is 1. The van der Waals surface area contributed by atoms with E-state index in [1.165, 1.54) is 29.5 Å². The summed E-state index contributed by atoms with van der Waals surface area (Å²) in [6.07, 6.45) is 0.939. The summed E-state index contributed by atoms with van der Waals surface area (Å²) in [6.45, 7) is 3.24. The molecule has 0 radical (unpaired) electrons. The van der Waals surface area contributed by atoms with E-state index in [9.17, 15) is 24.0 Å². The first-order chi connectivity index (χ1) is 15.3. The summed E-state index contributed by atoms with van der Waals surface area (Å²) in [5, 5.41) is 2.91. The number of carbonyl (C=O) groups is 5. The van der Waals surface area contributed by atoms with Gasteiger partial charge in [-0.3, -0.25) is 19.3 Å². The first kappa shape index (κ1) is 23.1. The van der Waals surface area contributed by atoms with E-state index >= 15 is 0 Å². The highest BCUT2D eigenvalue weighted by Gasteiger charge is 2.30. The number of aryl methyl sites for hydroxylation is 1. The van der Waals surface area contributed by atoms with Gasteiger partial charge < -0.3 is 14.8 Å². The number of rotatable bonds is 8. The number of ether oxygens (including phenoxy) is 2. The van der Waals surface area contributed by atoms with Crippen LogP contribution in [0.2, 0.25) is 0 Å².